The molecule has 0 aliphatic heterocycles. The first-order chi connectivity index (χ1) is 6.54. The zero-order chi connectivity index (χ0) is 11.0. The molecule has 0 heterocycles. The average Bonchev–Trinajstić information content (AvgIpc) is 2.14. The van der Waals surface area contributed by atoms with E-state index < -0.39 is 5.60 Å². The third-order valence-corrected chi connectivity index (χ3v) is 2.73. The van der Waals surface area contributed by atoms with E-state index >= 15 is 0 Å². The predicted octanol–water partition coefficient (Wildman–Crippen LogP) is 1.41. The van der Waals surface area contributed by atoms with E-state index in [-0.39, 0.29) is 5.92 Å². The molecule has 0 rings (SSSR count). The van der Waals surface area contributed by atoms with Crippen molar-refractivity contribution in [2.75, 3.05) is 26.8 Å². The van der Waals surface area contributed by atoms with Crippen LogP contribution in [0.25, 0.3) is 0 Å². The van der Waals surface area contributed by atoms with Gasteiger partial charge in [0, 0.05) is 20.3 Å². The summed E-state index contributed by atoms with van der Waals surface area (Å²) in [6, 6.07) is 0. The smallest absolute Gasteiger partial charge is 0.0769 e. The van der Waals surface area contributed by atoms with Crippen molar-refractivity contribution in [1.82, 2.24) is 5.32 Å². The Hall–Kier alpha value is -0.120. The van der Waals surface area contributed by atoms with Crippen molar-refractivity contribution in [3.63, 3.8) is 0 Å². The van der Waals surface area contributed by atoms with Gasteiger partial charge in [0.05, 0.1) is 5.60 Å². The van der Waals surface area contributed by atoms with E-state index in [0.717, 1.165) is 19.4 Å². The summed E-state index contributed by atoms with van der Waals surface area (Å²) < 4.78 is 5.00. The molecular formula is C11H25NO2. The van der Waals surface area contributed by atoms with Gasteiger partial charge in [0.25, 0.3) is 0 Å². The fourth-order valence-corrected chi connectivity index (χ4v) is 1.30. The summed E-state index contributed by atoms with van der Waals surface area (Å²) in [5, 5.41) is 13.4. The number of nitrogens with one attached hydrogen (secondary N) is 1. The highest BCUT2D eigenvalue weighted by molar-refractivity contribution is 4.81. The minimum Gasteiger partial charge on any atom is -0.389 e. The van der Waals surface area contributed by atoms with Crippen LogP contribution in [0.1, 0.15) is 33.6 Å². The first-order valence-corrected chi connectivity index (χ1v) is 5.46. The summed E-state index contributed by atoms with van der Waals surface area (Å²) in [5.41, 5.74) is -0.631. The van der Waals surface area contributed by atoms with Crippen molar-refractivity contribution >= 4 is 0 Å². The largest absolute Gasteiger partial charge is 0.389 e. The van der Waals surface area contributed by atoms with Crippen LogP contribution in [-0.4, -0.2) is 37.5 Å². The highest BCUT2D eigenvalue weighted by Gasteiger charge is 2.27. The van der Waals surface area contributed by atoms with Crippen LogP contribution < -0.4 is 5.32 Å². The number of rotatable bonds is 8. The molecule has 86 valence electrons. The summed E-state index contributed by atoms with van der Waals surface area (Å²) >= 11 is 0. The Kier molecular flexibility index (Phi) is 7.15. The molecule has 3 nitrogen and oxygen atoms in total. The molecule has 0 saturated carbocycles. The summed E-state index contributed by atoms with van der Waals surface area (Å²) in [7, 11) is 1.69. The molecular weight excluding hydrogens is 178 g/mol. The van der Waals surface area contributed by atoms with Gasteiger partial charge in [0.1, 0.15) is 0 Å². The molecule has 0 radical (unpaired) electrons. The Labute approximate surface area is 87.8 Å². The molecule has 0 aliphatic carbocycles. The molecule has 0 aliphatic rings. The Morgan fingerprint density at radius 1 is 1.50 bits per heavy atom. The van der Waals surface area contributed by atoms with Gasteiger partial charge in [-0.2, -0.15) is 0 Å². The van der Waals surface area contributed by atoms with Crippen LogP contribution in [0, 0.1) is 5.92 Å². The van der Waals surface area contributed by atoms with Crippen molar-refractivity contribution in [2.24, 2.45) is 5.92 Å². The Morgan fingerprint density at radius 3 is 2.64 bits per heavy atom. The van der Waals surface area contributed by atoms with E-state index in [0.29, 0.717) is 13.2 Å². The average molecular weight is 203 g/mol. The van der Waals surface area contributed by atoms with Crippen LogP contribution in [-0.2, 0) is 4.74 Å². The molecule has 0 aromatic heterocycles. The maximum atomic E-state index is 10.1. The molecule has 14 heavy (non-hydrogen) atoms. The standard InChI is InChI=1S/C11H25NO2/c1-5-7-12-9-11(3,13)10(2)6-8-14-4/h10,12-13H,5-9H2,1-4H3. The fraction of sp³-hybridized carbons (Fsp3) is 1.00. The van der Waals surface area contributed by atoms with Gasteiger partial charge in [0.15, 0.2) is 0 Å². The zero-order valence-electron chi connectivity index (χ0n) is 9.97. The quantitative estimate of drug-likeness (QED) is 0.586. The highest BCUT2D eigenvalue weighted by atomic mass is 16.5. The van der Waals surface area contributed by atoms with E-state index in [1.807, 2.05) is 6.92 Å². The Bertz CT molecular complexity index is 137. The minimum absolute atomic E-state index is 0.256. The molecule has 0 fully saturated rings. The van der Waals surface area contributed by atoms with E-state index in [4.69, 9.17) is 4.74 Å². The third-order valence-electron chi connectivity index (χ3n) is 2.73. The van der Waals surface area contributed by atoms with Gasteiger partial charge in [-0.1, -0.05) is 13.8 Å². The van der Waals surface area contributed by atoms with Gasteiger partial charge in [-0.3, -0.25) is 0 Å². The number of methoxy groups -OCH3 is 1. The number of ether oxygens (including phenoxy) is 1. The van der Waals surface area contributed by atoms with E-state index in [2.05, 4.69) is 19.2 Å². The third kappa shape index (κ3) is 5.58. The number of hydrogen-bond acceptors (Lipinski definition) is 3. The molecule has 0 aromatic carbocycles. The first kappa shape index (κ1) is 13.9. The lowest BCUT2D eigenvalue weighted by molar-refractivity contribution is -0.00478. The van der Waals surface area contributed by atoms with Crippen molar-refractivity contribution in [1.29, 1.82) is 0 Å². The second kappa shape index (κ2) is 7.21. The maximum absolute atomic E-state index is 10.1. The van der Waals surface area contributed by atoms with Gasteiger partial charge in [-0.25, -0.2) is 0 Å². The fourth-order valence-electron chi connectivity index (χ4n) is 1.30. The van der Waals surface area contributed by atoms with Crippen molar-refractivity contribution < 1.29 is 9.84 Å². The summed E-state index contributed by atoms with van der Waals surface area (Å²) in [6.07, 6.45) is 2.00. The molecule has 0 saturated heterocycles. The Morgan fingerprint density at radius 2 is 2.14 bits per heavy atom. The van der Waals surface area contributed by atoms with E-state index in [1.165, 1.54) is 0 Å². The maximum Gasteiger partial charge on any atom is 0.0769 e. The molecule has 2 N–H and O–H groups in total. The summed E-state index contributed by atoms with van der Waals surface area (Å²) in [6.45, 7) is 8.41. The zero-order valence-corrected chi connectivity index (χ0v) is 9.97. The lowest BCUT2D eigenvalue weighted by Crippen LogP contribution is -2.43. The first-order valence-electron chi connectivity index (χ1n) is 5.46. The predicted molar refractivity (Wildman–Crippen MR) is 59.4 cm³/mol. The lowest BCUT2D eigenvalue weighted by Gasteiger charge is -2.30. The van der Waals surface area contributed by atoms with Gasteiger partial charge < -0.3 is 15.2 Å². The van der Waals surface area contributed by atoms with Crippen LogP contribution in [0.2, 0.25) is 0 Å². The number of hydrogen-bond donors (Lipinski definition) is 2. The molecule has 0 amide bonds. The van der Waals surface area contributed by atoms with Crippen molar-refractivity contribution in [3.8, 4) is 0 Å². The van der Waals surface area contributed by atoms with Crippen LogP contribution in [0.5, 0.6) is 0 Å². The SMILES string of the molecule is CCCNCC(C)(O)C(C)CCOC. The number of aliphatic hydroxyl groups is 1. The summed E-state index contributed by atoms with van der Waals surface area (Å²) in [5.74, 6) is 0.256. The van der Waals surface area contributed by atoms with Crippen molar-refractivity contribution in [3.05, 3.63) is 0 Å². The topological polar surface area (TPSA) is 41.5 Å². The van der Waals surface area contributed by atoms with Gasteiger partial charge in [-0.15, -0.1) is 0 Å². The van der Waals surface area contributed by atoms with Gasteiger partial charge in [-0.05, 0) is 32.2 Å². The van der Waals surface area contributed by atoms with Crippen molar-refractivity contribution in [2.45, 2.75) is 39.2 Å². The molecule has 2 atom stereocenters. The van der Waals surface area contributed by atoms with Gasteiger partial charge in [0.2, 0.25) is 0 Å². The van der Waals surface area contributed by atoms with Crippen LogP contribution in [0.15, 0.2) is 0 Å². The lowest BCUT2D eigenvalue weighted by atomic mass is 9.88. The second-order valence-electron chi connectivity index (χ2n) is 4.22. The molecule has 0 aromatic rings. The van der Waals surface area contributed by atoms with Gasteiger partial charge >= 0.3 is 0 Å². The molecule has 0 bridgehead atoms. The normalized spacial score (nSPS) is 17.8. The Balaban J connectivity index is 3.77. The molecule has 0 spiro atoms. The minimum atomic E-state index is -0.631. The van der Waals surface area contributed by atoms with Crippen LogP contribution in [0.4, 0.5) is 0 Å². The second-order valence-corrected chi connectivity index (χ2v) is 4.22. The molecule has 2 unspecified atom stereocenters. The highest BCUT2D eigenvalue weighted by Crippen LogP contribution is 2.19. The van der Waals surface area contributed by atoms with Crippen LogP contribution in [0.3, 0.4) is 0 Å². The van der Waals surface area contributed by atoms with E-state index in [1.54, 1.807) is 7.11 Å². The monoisotopic (exact) mass is 203 g/mol. The van der Waals surface area contributed by atoms with E-state index in [9.17, 15) is 5.11 Å². The van der Waals surface area contributed by atoms with Crippen LogP contribution >= 0.6 is 0 Å². The summed E-state index contributed by atoms with van der Waals surface area (Å²) in [4.78, 5) is 0. The molecule has 3 heteroatoms.